The van der Waals surface area contributed by atoms with Gasteiger partial charge in [0, 0.05) is 23.6 Å². The highest BCUT2D eigenvalue weighted by Gasteiger charge is 2.61. The summed E-state index contributed by atoms with van der Waals surface area (Å²) in [5.41, 5.74) is 3.59. The third-order valence-corrected chi connectivity index (χ3v) is 10.8. The summed E-state index contributed by atoms with van der Waals surface area (Å²) < 4.78 is 24.7. The Balaban J connectivity index is 1.50. The van der Waals surface area contributed by atoms with Gasteiger partial charge in [-0.15, -0.1) is 0 Å². The number of oxazole rings is 2. The van der Waals surface area contributed by atoms with Gasteiger partial charge in [0.15, 0.2) is 29.2 Å². The van der Waals surface area contributed by atoms with E-state index < -0.39 is 35.7 Å². The van der Waals surface area contributed by atoms with Gasteiger partial charge in [-0.3, -0.25) is 9.59 Å². The number of anilines is 1. The van der Waals surface area contributed by atoms with Crippen molar-refractivity contribution in [2.45, 2.75) is 103 Å². The molecule has 2 unspecified atom stereocenters. The van der Waals surface area contributed by atoms with Crippen LogP contribution in [0.5, 0.6) is 5.75 Å². The second kappa shape index (κ2) is 14.5. The highest BCUT2D eigenvalue weighted by molar-refractivity contribution is 5.90. The zero-order valence-corrected chi connectivity index (χ0v) is 31.2. The molecule has 2 aromatic heterocycles. The van der Waals surface area contributed by atoms with Crippen LogP contribution in [-0.4, -0.2) is 52.2 Å². The van der Waals surface area contributed by atoms with Crippen LogP contribution in [0.4, 0.5) is 5.69 Å². The van der Waals surface area contributed by atoms with Crippen LogP contribution in [0.25, 0.3) is 11.6 Å². The minimum Gasteiger partial charge on any atom is -0.468 e. The van der Waals surface area contributed by atoms with E-state index >= 15 is 0 Å². The van der Waals surface area contributed by atoms with Crippen LogP contribution in [0, 0.1) is 17.8 Å². The van der Waals surface area contributed by atoms with Crippen LogP contribution in [0.2, 0.25) is 0 Å². The lowest BCUT2D eigenvalue weighted by Gasteiger charge is -2.29. The largest absolute Gasteiger partial charge is 0.468 e. The van der Waals surface area contributed by atoms with Crippen molar-refractivity contribution in [2.75, 3.05) is 12.4 Å². The molecule has 0 saturated heterocycles. The van der Waals surface area contributed by atoms with E-state index in [0.717, 1.165) is 65.8 Å². The molecule has 3 aliphatic heterocycles. The molecular weight excluding hydrogens is 676 g/mol. The first-order valence-electron chi connectivity index (χ1n) is 18.7. The Morgan fingerprint density at radius 2 is 1.85 bits per heavy atom. The van der Waals surface area contributed by atoms with Crippen LogP contribution in [0.15, 0.2) is 51.5 Å². The van der Waals surface area contributed by atoms with Gasteiger partial charge in [-0.25, -0.2) is 14.8 Å². The van der Waals surface area contributed by atoms with Crippen molar-refractivity contribution in [3.05, 3.63) is 82.3 Å². The first-order chi connectivity index (χ1) is 25.5. The van der Waals surface area contributed by atoms with E-state index in [2.05, 4.69) is 34.7 Å². The van der Waals surface area contributed by atoms with E-state index in [0.29, 0.717) is 5.76 Å². The summed E-state index contributed by atoms with van der Waals surface area (Å²) in [6.45, 7) is 9.64. The topological polar surface area (TPSA) is 166 Å². The van der Waals surface area contributed by atoms with Crippen molar-refractivity contribution in [3.63, 3.8) is 0 Å². The zero-order chi connectivity index (χ0) is 37.6. The van der Waals surface area contributed by atoms with Gasteiger partial charge < -0.3 is 34.0 Å². The molecule has 2 aromatic carbocycles. The van der Waals surface area contributed by atoms with Crippen molar-refractivity contribution in [2.24, 2.45) is 17.8 Å². The van der Waals surface area contributed by atoms with Gasteiger partial charge in [0.05, 0.1) is 7.11 Å². The third kappa shape index (κ3) is 6.30. The summed E-state index contributed by atoms with van der Waals surface area (Å²) in [7, 11) is 1.27. The predicted octanol–water partition coefficient (Wildman–Crippen LogP) is 6.68. The quantitative estimate of drug-likeness (QED) is 0.105. The predicted molar refractivity (Wildman–Crippen MR) is 195 cm³/mol. The first-order valence-corrected chi connectivity index (χ1v) is 18.7. The van der Waals surface area contributed by atoms with E-state index in [4.69, 9.17) is 23.3 Å². The number of carbonyl (C=O) groups is 3. The number of aliphatic hydroxyl groups excluding tert-OH is 1. The van der Waals surface area contributed by atoms with Crippen LogP contribution in [-0.2, 0) is 32.6 Å². The van der Waals surface area contributed by atoms with Crippen LogP contribution >= 0.6 is 0 Å². The maximum absolute atomic E-state index is 14.3. The first kappa shape index (κ1) is 36.4. The van der Waals surface area contributed by atoms with E-state index in [1.54, 1.807) is 13.8 Å². The number of fused-ring (bicyclic) bond motifs is 4. The van der Waals surface area contributed by atoms with E-state index in [1.807, 2.05) is 38.1 Å². The number of unbranched alkanes of at least 4 members (excludes halogenated alkanes) is 3. The number of Topliss-reactive ketones (excluding diaryl/α,β-unsaturated/α-hetero) is 1. The number of esters is 1. The molecule has 4 bridgehead atoms. The third-order valence-electron chi connectivity index (χ3n) is 10.8. The van der Waals surface area contributed by atoms with Gasteiger partial charge in [0.1, 0.15) is 29.6 Å². The molecule has 12 nitrogen and oxygen atoms in total. The van der Waals surface area contributed by atoms with Gasteiger partial charge in [0.2, 0.25) is 17.7 Å². The Labute approximate surface area is 309 Å². The molecule has 12 heteroatoms. The number of benzene rings is 2. The number of nitrogens with one attached hydrogen (secondary N) is 2. The Morgan fingerprint density at radius 1 is 1.06 bits per heavy atom. The molecular formula is C41H48N4O8. The van der Waals surface area contributed by atoms with Gasteiger partial charge in [-0.2, -0.15) is 0 Å². The number of nitrogens with zero attached hydrogens (tertiary/aromatic N) is 2. The number of amides is 1. The molecule has 53 heavy (non-hydrogen) atoms. The number of methoxy groups -OCH3 is 1. The maximum atomic E-state index is 14.3. The van der Waals surface area contributed by atoms with Crippen LogP contribution in [0.3, 0.4) is 0 Å². The summed E-state index contributed by atoms with van der Waals surface area (Å²) in [5, 5.41) is 17.5. The number of aliphatic hydroxyl groups is 1. The molecule has 1 spiro atoms. The van der Waals surface area contributed by atoms with Crippen LogP contribution < -0.4 is 15.4 Å². The number of ether oxygens (including phenoxy) is 2. The zero-order valence-electron chi connectivity index (χ0n) is 31.2. The van der Waals surface area contributed by atoms with Gasteiger partial charge in [-0.1, -0.05) is 84.2 Å². The van der Waals surface area contributed by atoms with Gasteiger partial charge in [-0.05, 0) is 53.9 Å². The fourth-order valence-corrected chi connectivity index (χ4v) is 7.99. The molecule has 5 heterocycles. The Kier molecular flexibility index (Phi) is 9.92. The molecule has 7 rings (SSSR count). The fraction of sp³-hybridized carbons (Fsp3) is 0.488. The summed E-state index contributed by atoms with van der Waals surface area (Å²) in [6.07, 6.45) is 4.46. The van der Waals surface area contributed by atoms with Gasteiger partial charge >= 0.3 is 5.97 Å². The fourth-order valence-electron chi connectivity index (χ4n) is 7.99. The number of para-hydroxylation sites is 1. The van der Waals surface area contributed by atoms with E-state index in [1.165, 1.54) is 13.4 Å². The summed E-state index contributed by atoms with van der Waals surface area (Å²) in [5.74, 6) is -1.27. The standard InChI is InChI=1S/C41H48N4O8/c1-7-8-9-10-13-24-16-23-17-25(19-30(46)33(47)22(4)5)36(48)44-31(21(2)3)38-45-32(37-42-29(20-51-37)39(49)50-6)35(53-38)41-26-14-11-12-15-28(26)43-40(41)52-34(24)27(41)18-23/h11-12,14-16,18,20-22,25,31,33,40,43,47H,7-10,13,17,19H2,1-6H3,(H,44,48)/t25?,31-,33-,40-,41?/m0/s1. The van der Waals surface area contributed by atoms with Gasteiger partial charge in [0.25, 0.3) is 0 Å². The second-order valence-corrected chi connectivity index (χ2v) is 15.2. The SMILES string of the molecule is CCCCCCc1cc2cc3c1O[C@@H]1Nc4ccccc4C31c1oc(nc1-c1nc(C(=O)OC)co1)[C@H](C(C)C)NC(=O)C(CC(=O)[C@@H](O)C(C)C)C2. The molecule has 4 aromatic rings. The summed E-state index contributed by atoms with van der Waals surface area (Å²) in [6, 6.07) is 11.4. The highest BCUT2D eigenvalue weighted by Crippen LogP contribution is 2.60. The number of hydrogen-bond donors (Lipinski definition) is 3. The molecule has 280 valence electrons. The molecule has 3 aliphatic rings. The molecule has 0 fully saturated rings. The average molecular weight is 725 g/mol. The molecule has 1 amide bonds. The molecule has 3 N–H and O–H groups in total. The molecule has 0 saturated carbocycles. The minimum atomic E-state index is -1.19. The molecule has 5 atom stereocenters. The number of hydrogen-bond acceptors (Lipinski definition) is 11. The smallest absolute Gasteiger partial charge is 0.360 e. The lowest BCUT2D eigenvalue weighted by Crippen LogP contribution is -2.41. The molecule has 0 aliphatic carbocycles. The van der Waals surface area contributed by atoms with E-state index in [9.17, 15) is 19.5 Å². The van der Waals surface area contributed by atoms with Crippen molar-refractivity contribution in [3.8, 4) is 17.3 Å². The Bertz CT molecular complexity index is 2030. The Hall–Kier alpha value is -4.97. The van der Waals surface area contributed by atoms with Crippen molar-refractivity contribution >= 4 is 23.3 Å². The number of aromatic nitrogens is 2. The summed E-state index contributed by atoms with van der Waals surface area (Å²) >= 11 is 0. The monoisotopic (exact) mass is 724 g/mol. The lowest BCUT2D eigenvalue weighted by molar-refractivity contribution is -0.135. The number of rotatable bonds is 12. The number of aryl methyl sites for hydroxylation is 1. The van der Waals surface area contributed by atoms with Crippen molar-refractivity contribution in [1.29, 1.82) is 0 Å². The minimum absolute atomic E-state index is 0.0283. The highest BCUT2D eigenvalue weighted by atomic mass is 16.5. The van der Waals surface area contributed by atoms with E-state index in [-0.39, 0.29) is 59.5 Å². The van der Waals surface area contributed by atoms with Crippen LogP contribution in [0.1, 0.15) is 117 Å². The van der Waals surface area contributed by atoms with Crippen molar-refractivity contribution in [1.82, 2.24) is 15.3 Å². The Morgan fingerprint density at radius 3 is 2.58 bits per heavy atom. The summed E-state index contributed by atoms with van der Waals surface area (Å²) in [4.78, 5) is 49.8. The maximum Gasteiger partial charge on any atom is 0.360 e. The molecule has 0 radical (unpaired) electrons. The number of carbonyl (C=O) groups excluding carboxylic acids is 3. The second-order valence-electron chi connectivity index (χ2n) is 15.2. The lowest BCUT2D eigenvalue weighted by atomic mass is 9.71. The number of ketones is 1. The van der Waals surface area contributed by atoms with Crippen molar-refractivity contribution < 1.29 is 37.8 Å². The normalized spacial score (nSPS) is 21.9. The average Bonchev–Trinajstić information content (AvgIpc) is 3.92.